The fourth-order valence-corrected chi connectivity index (χ4v) is 4.07. The zero-order valence-corrected chi connectivity index (χ0v) is 13.6. The molecule has 23 heavy (non-hydrogen) atoms. The Morgan fingerprint density at radius 3 is 2.70 bits per heavy atom. The molecule has 5 heteroatoms. The molecule has 4 rings (SSSR count). The fraction of sp³-hybridized carbons (Fsp3) is 0.389. The number of phenolic OH excluding ortho intramolecular Hbond substituents is 1. The zero-order chi connectivity index (χ0) is 15.3. The van der Waals surface area contributed by atoms with Gasteiger partial charge in [-0.25, -0.2) is 0 Å². The molecule has 0 bridgehead atoms. The standard InChI is InChI=1S/C18H20N2O2.ClH/c19-16-8-6-12-9-20(10-15(12)16)18(22)14-7-5-11-3-1-2-4-13(11)17(14)21;/h1-5,7,12,15-16,21H,6,8-10,19H2;1H. The fourth-order valence-electron chi connectivity index (χ4n) is 4.07. The summed E-state index contributed by atoms with van der Waals surface area (Å²) in [5.41, 5.74) is 6.53. The SMILES string of the molecule is Cl.NC1CCC2CN(C(=O)c3ccc4ccccc4c3O)CC12. The van der Waals surface area contributed by atoms with E-state index in [-0.39, 0.29) is 30.1 Å². The Kier molecular flexibility index (Phi) is 4.21. The van der Waals surface area contributed by atoms with Crippen LogP contribution in [0.1, 0.15) is 23.2 Å². The van der Waals surface area contributed by atoms with E-state index < -0.39 is 0 Å². The first-order valence-corrected chi connectivity index (χ1v) is 7.90. The van der Waals surface area contributed by atoms with E-state index >= 15 is 0 Å². The number of likely N-dealkylation sites (tertiary alicyclic amines) is 1. The molecule has 3 N–H and O–H groups in total. The van der Waals surface area contributed by atoms with Crippen LogP contribution >= 0.6 is 12.4 Å². The number of phenols is 1. The Morgan fingerprint density at radius 2 is 1.91 bits per heavy atom. The average Bonchev–Trinajstić information content (AvgIpc) is 3.10. The molecule has 2 aliphatic rings. The van der Waals surface area contributed by atoms with Gasteiger partial charge < -0.3 is 15.7 Å². The molecule has 4 nitrogen and oxygen atoms in total. The normalized spacial score (nSPS) is 26.1. The minimum atomic E-state index is -0.0788. The Bertz CT molecular complexity index is 749. The highest BCUT2D eigenvalue weighted by molar-refractivity contribution is 6.03. The summed E-state index contributed by atoms with van der Waals surface area (Å²) in [6.07, 6.45) is 2.18. The lowest BCUT2D eigenvalue weighted by Gasteiger charge is -2.19. The van der Waals surface area contributed by atoms with E-state index in [0.717, 1.165) is 36.7 Å². The minimum Gasteiger partial charge on any atom is -0.506 e. The number of carbonyl (C=O) groups excluding carboxylic acids is 1. The lowest BCUT2D eigenvalue weighted by molar-refractivity contribution is 0.0777. The number of benzene rings is 2. The Hall–Kier alpha value is -1.78. The van der Waals surface area contributed by atoms with Crippen LogP contribution in [0.3, 0.4) is 0 Å². The van der Waals surface area contributed by atoms with Gasteiger partial charge in [-0.3, -0.25) is 4.79 Å². The number of carbonyl (C=O) groups is 1. The number of nitrogens with zero attached hydrogens (tertiary/aromatic N) is 1. The van der Waals surface area contributed by atoms with Gasteiger partial charge in [0.15, 0.2) is 0 Å². The predicted octanol–water partition coefficient (Wildman–Crippen LogP) is 2.78. The number of aromatic hydroxyl groups is 1. The predicted molar refractivity (Wildman–Crippen MR) is 93.0 cm³/mol. The van der Waals surface area contributed by atoms with Crippen molar-refractivity contribution >= 4 is 29.1 Å². The van der Waals surface area contributed by atoms with Gasteiger partial charge in [0.2, 0.25) is 0 Å². The van der Waals surface area contributed by atoms with Gasteiger partial charge >= 0.3 is 0 Å². The molecule has 2 aromatic rings. The lowest BCUT2D eigenvalue weighted by atomic mass is 9.98. The molecular weight excluding hydrogens is 312 g/mol. The summed E-state index contributed by atoms with van der Waals surface area (Å²) in [5.74, 6) is 0.961. The Balaban J connectivity index is 0.00000156. The smallest absolute Gasteiger partial charge is 0.257 e. The van der Waals surface area contributed by atoms with E-state index in [9.17, 15) is 9.90 Å². The van der Waals surface area contributed by atoms with E-state index in [1.54, 1.807) is 6.07 Å². The summed E-state index contributed by atoms with van der Waals surface area (Å²) in [4.78, 5) is 14.6. The maximum atomic E-state index is 12.8. The zero-order valence-electron chi connectivity index (χ0n) is 12.8. The first-order chi connectivity index (χ1) is 10.6. The highest BCUT2D eigenvalue weighted by Gasteiger charge is 2.42. The van der Waals surface area contributed by atoms with Gasteiger partial charge in [-0.15, -0.1) is 12.4 Å². The molecule has 0 aromatic heterocycles. The second-order valence-corrected chi connectivity index (χ2v) is 6.56. The third-order valence-electron chi connectivity index (χ3n) is 5.33. The maximum Gasteiger partial charge on any atom is 0.257 e. The van der Waals surface area contributed by atoms with Crippen molar-refractivity contribution in [1.29, 1.82) is 0 Å². The number of amides is 1. The molecule has 2 aromatic carbocycles. The maximum absolute atomic E-state index is 12.8. The van der Waals surface area contributed by atoms with E-state index in [2.05, 4.69) is 0 Å². The molecule has 1 aliphatic carbocycles. The van der Waals surface area contributed by atoms with E-state index in [1.165, 1.54) is 0 Å². The third kappa shape index (κ3) is 2.56. The molecule has 122 valence electrons. The molecule has 3 atom stereocenters. The molecule has 1 saturated heterocycles. The van der Waals surface area contributed by atoms with Crippen LogP contribution in [0.25, 0.3) is 10.8 Å². The van der Waals surface area contributed by atoms with Crippen molar-refractivity contribution in [3.8, 4) is 5.75 Å². The number of rotatable bonds is 1. The van der Waals surface area contributed by atoms with E-state index in [4.69, 9.17) is 5.73 Å². The first kappa shape index (κ1) is 16.1. The highest BCUT2D eigenvalue weighted by Crippen LogP contribution is 2.38. The van der Waals surface area contributed by atoms with Gasteiger partial charge in [-0.1, -0.05) is 30.3 Å². The summed E-state index contributed by atoms with van der Waals surface area (Å²) < 4.78 is 0. The van der Waals surface area contributed by atoms with Crippen molar-refractivity contribution in [2.24, 2.45) is 17.6 Å². The van der Waals surface area contributed by atoms with Crippen LogP contribution in [-0.2, 0) is 0 Å². The van der Waals surface area contributed by atoms with Gasteiger partial charge in [-0.2, -0.15) is 0 Å². The average molecular weight is 333 g/mol. The molecule has 1 heterocycles. The number of halogens is 1. The summed E-state index contributed by atoms with van der Waals surface area (Å²) >= 11 is 0. The molecule has 1 saturated carbocycles. The Labute approximate surface area is 141 Å². The number of nitrogens with two attached hydrogens (primary N) is 1. The second-order valence-electron chi connectivity index (χ2n) is 6.56. The molecular formula is C18H21ClN2O2. The topological polar surface area (TPSA) is 66.6 Å². The van der Waals surface area contributed by atoms with Gasteiger partial charge in [-0.05, 0) is 36.1 Å². The van der Waals surface area contributed by atoms with Crippen molar-refractivity contribution in [1.82, 2.24) is 4.90 Å². The second kappa shape index (κ2) is 6.02. The molecule has 0 radical (unpaired) electrons. The van der Waals surface area contributed by atoms with Crippen LogP contribution < -0.4 is 5.73 Å². The van der Waals surface area contributed by atoms with Crippen LogP contribution in [0, 0.1) is 11.8 Å². The molecule has 1 amide bonds. The van der Waals surface area contributed by atoms with Gasteiger partial charge in [0.1, 0.15) is 5.75 Å². The van der Waals surface area contributed by atoms with Crippen LogP contribution in [0.15, 0.2) is 36.4 Å². The van der Waals surface area contributed by atoms with Gasteiger partial charge in [0.05, 0.1) is 5.56 Å². The molecule has 1 aliphatic heterocycles. The van der Waals surface area contributed by atoms with E-state index in [0.29, 0.717) is 17.4 Å². The molecule has 2 fully saturated rings. The minimum absolute atomic E-state index is 0. The van der Waals surface area contributed by atoms with Crippen LogP contribution in [0.2, 0.25) is 0 Å². The largest absolute Gasteiger partial charge is 0.506 e. The number of hydrogen-bond acceptors (Lipinski definition) is 3. The summed E-state index contributed by atoms with van der Waals surface area (Å²) in [5, 5.41) is 12.1. The third-order valence-corrected chi connectivity index (χ3v) is 5.33. The quantitative estimate of drug-likeness (QED) is 0.844. The van der Waals surface area contributed by atoms with Crippen molar-refractivity contribution in [3.63, 3.8) is 0 Å². The summed E-state index contributed by atoms with van der Waals surface area (Å²) in [7, 11) is 0. The monoisotopic (exact) mass is 332 g/mol. The van der Waals surface area contributed by atoms with Gasteiger partial charge in [0.25, 0.3) is 5.91 Å². The molecule has 3 unspecified atom stereocenters. The number of fused-ring (bicyclic) bond motifs is 2. The number of hydrogen-bond donors (Lipinski definition) is 2. The first-order valence-electron chi connectivity index (χ1n) is 7.90. The van der Waals surface area contributed by atoms with Gasteiger partial charge in [0, 0.05) is 24.5 Å². The van der Waals surface area contributed by atoms with Crippen LogP contribution in [0.4, 0.5) is 0 Å². The summed E-state index contributed by atoms with van der Waals surface area (Å²) in [6, 6.07) is 11.4. The Morgan fingerprint density at radius 1 is 1.13 bits per heavy atom. The lowest BCUT2D eigenvalue weighted by Crippen LogP contribution is -2.33. The van der Waals surface area contributed by atoms with Crippen molar-refractivity contribution in [3.05, 3.63) is 42.0 Å². The van der Waals surface area contributed by atoms with Crippen molar-refractivity contribution in [2.75, 3.05) is 13.1 Å². The van der Waals surface area contributed by atoms with Crippen LogP contribution in [-0.4, -0.2) is 35.0 Å². The van der Waals surface area contributed by atoms with E-state index in [1.807, 2.05) is 35.2 Å². The van der Waals surface area contributed by atoms with Crippen molar-refractivity contribution < 1.29 is 9.90 Å². The summed E-state index contributed by atoms with van der Waals surface area (Å²) in [6.45, 7) is 1.49. The molecule has 0 spiro atoms. The highest BCUT2D eigenvalue weighted by atomic mass is 35.5. The van der Waals surface area contributed by atoms with Crippen LogP contribution in [0.5, 0.6) is 5.75 Å². The van der Waals surface area contributed by atoms with Crippen molar-refractivity contribution in [2.45, 2.75) is 18.9 Å².